The lowest BCUT2D eigenvalue weighted by atomic mass is 9.70. The fourth-order valence-corrected chi connectivity index (χ4v) is 9.41. The van der Waals surface area contributed by atoms with Crippen LogP contribution in [0.3, 0.4) is 0 Å². The minimum absolute atomic E-state index is 0.0157. The zero-order valence-corrected chi connectivity index (χ0v) is 32.4. The van der Waals surface area contributed by atoms with Crippen LogP contribution in [0.15, 0.2) is 73.8 Å². The average Bonchev–Trinajstić information content (AvgIpc) is 3.73. The molecule has 3 aliphatic rings. The van der Waals surface area contributed by atoms with Gasteiger partial charge in [-0.05, 0) is 63.1 Å². The number of allylic oxidation sites excluding steroid dienone is 1. The molecule has 5 rings (SSSR count). The molecule has 8 atom stereocenters. The lowest BCUT2D eigenvalue weighted by Crippen LogP contribution is -2.57. The highest BCUT2D eigenvalue weighted by molar-refractivity contribution is 9.09. The second-order valence-corrected chi connectivity index (χ2v) is 15.5. The predicted octanol–water partition coefficient (Wildman–Crippen LogP) is 6.18. The predicted molar refractivity (Wildman–Crippen MR) is 204 cm³/mol. The van der Waals surface area contributed by atoms with Crippen LogP contribution in [0.5, 0.6) is 0 Å². The molecule has 2 aromatic rings. The van der Waals surface area contributed by atoms with Crippen molar-refractivity contribution in [3.63, 3.8) is 0 Å². The van der Waals surface area contributed by atoms with Crippen molar-refractivity contribution < 1.29 is 33.8 Å². The summed E-state index contributed by atoms with van der Waals surface area (Å²) in [7, 11) is 1.69. The van der Waals surface area contributed by atoms with Gasteiger partial charge in [0.1, 0.15) is 17.7 Å². The maximum atomic E-state index is 15.0. The van der Waals surface area contributed by atoms with Gasteiger partial charge in [0.25, 0.3) is 5.91 Å². The number of unbranched alkanes of at least 4 members (excludes halogenated alkanes) is 2. The monoisotopic (exact) mass is 797 g/mol. The van der Waals surface area contributed by atoms with Crippen LogP contribution in [-0.2, 0) is 28.7 Å². The van der Waals surface area contributed by atoms with Gasteiger partial charge in [0, 0.05) is 38.0 Å². The Kier molecular flexibility index (Phi) is 13.0. The zero-order valence-electron chi connectivity index (χ0n) is 30.1. The van der Waals surface area contributed by atoms with Crippen molar-refractivity contribution in [3.8, 4) is 0 Å². The first-order valence-electron chi connectivity index (χ1n) is 18.0. The second-order valence-electron chi connectivity index (χ2n) is 14.0. The molecule has 3 heterocycles. The van der Waals surface area contributed by atoms with Gasteiger partial charge < -0.3 is 29.3 Å². The number of esters is 1. The number of aliphatic hydroxyl groups excluding tert-OH is 1. The number of rotatable bonds is 17. The molecule has 2 aromatic carbocycles. The van der Waals surface area contributed by atoms with Crippen LogP contribution in [-0.4, -0.2) is 94.0 Å². The van der Waals surface area contributed by atoms with E-state index in [0.29, 0.717) is 48.4 Å². The highest BCUT2D eigenvalue weighted by Crippen LogP contribution is 2.61. The van der Waals surface area contributed by atoms with E-state index in [-0.39, 0.29) is 48.7 Å². The molecular formula is C40H49BrClN3O7. The molecule has 0 aliphatic carbocycles. The molecule has 0 aromatic heterocycles. The van der Waals surface area contributed by atoms with Crippen LogP contribution in [0, 0.1) is 18.8 Å². The Balaban J connectivity index is 1.53. The lowest BCUT2D eigenvalue weighted by Gasteiger charge is -2.38. The first-order chi connectivity index (χ1) is 24.9. The fourth-order valence-electron chi connectivity index (χ4n) is 8.15. The summed E-state index contributed by atoms with van der Waals surface area (Å²) in [6, 6.07) is 13.0. The lowest BCUT2D eigenvalue weighted by molar-refractivity contribution is -0.164. The first kappa shape index (κ1) is 39.7. The normalized spacial score (nSPS) is 25.7. The summed E-state index contributed by atoms with van der Waals surface area (Å²) in [6.45, 7) is 11.7. The molecule has 1 unspecified atom stereocenters. The SMILES string of the molecule is C=CCCC(=O)N(C)[C@@H](C)[C@@H](OC(=O)[C@H]1[C@@H]2O[C@@]3(CC2Br)[C@@H]1C(=O)N(CCCCCO)[C@@H]3C(=O)N(CC=C)c1c(C)cccc1Cl)c1ccccc1. The molecule has 10 nitrogen and oxygen atoms in total. The minimum atomic E-state index is -1.33. The van der Waals surface area contributed by atoms with Gasteiger partial charge in [0.15, 0.2) is 0 Å². The number of hydrogen-bond donors (Lipinski definition) is 1. The van der Waals surface area contributed by atoms with Crippen molar-refractivity contribution >= 4 is 56.9 Å². The van der Waals surface area contributed by atoms with E-state index in [2.05, 4.69) is 29.1 Å². The molecule has 12 heteroatoms. The van der Waals surface area contributed by atoms with E-state index in [1.807, 2.05) is 56.3 Å². The second kappa shape index (κ2) is 17.1. The summed E-state index contributed by atoms with van der Waals surface area (Å²) in [5.41, 5.74) is 0.675. The maximum Gasteiger partial charge on any atom is 0.313 e. The molecule has 52 heavy (non-hydrogen) atoms. The van der Waals surface area contributed by atoms with Gasteiger partial charge in [-0.3, -0.25) is 19.2 Å². The van der Waals surface area contributed by atoms with Gasteiger partial charge >= 0.3 is 5.97 Å². The Hall–Kier alpha value is -3.51. The quantitative estimate of drug-likeness (QED) is 0.0881. The van der Waals surface area contributed by atoms with Gasteiger partial charge in [-0.25, -0.2) is 0 Å². The number of benzene rings is 2. The number of fused-ring (bicyclic) bond motifs is 1. The fraction of sp³-hybridized carbons (Fsp3) is 0.500. The van der Waals surface area contributed by atoms with Crippen LogP contribution in [0.1, 0.15) is 62.7 Å². The number of amides is 3. The smallest absolute Gasteiger partial charge is 0.313 e. The molecule has 280 valence electrons. The zero-order chi connectivity index (χ0) is 37.7. The first-order valence-corrected chi connectivity index (χ1v) is 19.2. The molecule has 1 spiro atoms. The number of hydrogen-bond acceptors (Lipinski definition) is 7. The third-order valence-corrected chi connectivity index (χ3v) is 11.9. The molecule has 3 fully saturated rings. The van der Waals surface area contributed by atoms with E-state index in [1.54, 1.807) is 40.0 Å². The van der Waals surface area contributed by atoms with Gasteiger partial charge in [0.05, 0.1) is 34.7 Å². The molecule has 3 saturated heterocycles. The highest BCUT2D eigenvalue weighted by Gasteiger charge is 2.77. The largest absolute Gasteiger partial charge is 0.455 e. The molecule has 0 saturated carbocycles. The number of ether oxygens (including phenoxy) is 2. The number of likely N-dealkylation sites (N-methyl/N-ethyl adjacent to an activating group) is 1. The highest BCUT2D eigenvalue weighted by atomic mass is 79.9. The summed E-state index contributed by atoms with van der Waals surface area (Å²) in [5, 5.41) is 9.81. The van der Waals surface area contributed by atoms with Gasteiger partial charge in [-0.2, -0.15) is 0 Å². The van der Waals surface area contributed by atoms with Crippen molar-refractivity contribution in [2.45, 2.75) is 87.1 Å². The summed E-state index contributed by atoms with van der Waals surface area (Å²) in [4.78, 5) is 61.7. The van der Waals surface area contributed by atoms with Crippen LogP contribution in [0.2, 0.25) is 5.02 Å². The van der Waals surface area contributed by atoms with Crippen LogP contribution in [0.25, 0.3) is 0 Å². The van der Waals surface area contributed by atoms with Gasteiger partial charge in [-0.1, -0.05) is 82.1 Å². The Morgan fingerprint density at radius 3 is 2.52 bits per heavy atom. The topological polar surface area (TPSA) is 117 Å². The summed E-state index contributed by atoms with van der Waals surface area (Å²) >= 11 is 10.5. The van der Waals surface area contributed by atoms with Gasteiger partial charge in [-0.15, -0.1) is 13.2 Å². The maximum absolute atomic E-state index is 15.0. The van der Waals surface area contributed by atoms with Crippen LogP contribution in [0.4, 0.5) is 5.69 Å². The van der Waals surface area contributed by atoms with E-state index in [1.165, 1.54) is 0 Å². The number of aryl methyl sites for hydroxylation is 1. The molecule has 3 aliphatic heterocycles. The molecule has 2 bridgehead atoms. The number of carbonyl (C=O) groups excluding carboxylic acids is 4. The number of para-hydroxylation sites is 1. The summed E-state index contributed by atoms with van der Waals surface area (Å²) in [6.07, 6.45) is 4.57. The van der Waals surface area contributed by atoms with E-state index in [9.17, 15) is 24.3 Å². The van der Waals surface area contributed by atoms with E-state index in [4.69, 9.17) is 21.1 Å². The van der Waals surface area contributed by atoms with Crippen molar-refractivity contribution in [3.05, 3.63) is 90.0 Å². The standard InChI is InChI=1S/C40H49BrClN3O7/c1-6-8-20-30(47)43(5)26(4)34(27-17-11-9-12-18-27)51-39(50)31-32-37(48)45(22-13-10-14-23-46)36(40(32)24-28(41)35(31)52-40)38(49)44(21-7-2)33-25(3)16-15-19-29(33)42/h6-7,9,11-12,15-19,26,28,31-32,34-36,46H,1-2,8,10,13-14,20-24H2,3-5H3/t26-,28?,31+,32-,34+,35+,36+,40-/m0/s1. The number of carbonyl (C=O) groups is 4. The number of alkyl halides is 1. The number of halogens is 2. The van der Waals surface area contributed by atoms with Crippen LogP contribution < -0.4 is 4.90 Å². The Morgan fingerprint density at radius 2 is 1.87 bits per heavy atom. The van der Waals surface area contributed by atoms with Crippen molar-refractivity contribution in [2.24, 2.45) is 11.8 Å². The Labute approximate surface area is 319 Å². The number of nitrogens with zero attached hydrogens (tertiary/aromatic N) is 3. The summed E-state index contributed by atoms with van der Waals surface area (Å²) < 4.78 is 13.1. The number of likely N-dealkylation sites (tertiary alicyclic amines) is 1. The van der Waals surface area contributed by atoms with Crippen LogP contribution >= 0.6 is 27.5 Å². The average molecular weight is 799 g/mol. The van der Waals surface area contributed by atoms with Crippen molar-refractivity contribution in [1.82, 2.24) is 9.80 Å². The van der Waals surface area contributed by atoms with Crippen molar-refractivity contribution in [1.29, 1.82) is 0 Å². The van der Waals surface area contributed by atoms with E-state index >= 15 is 0 Å². The number of aliphatic hydroxyl groups is 1. The third-order valence-electron chi connectivity index (χ3n) is 10.8. The Bertz CT molecular complexity index is 1640. The Morgan fingerprint density at radius 1 is 1.13 bits per heavy atom. The van der Waals surface area contributed by atoms with E-state index in [0.717, 1.165) is 5.56 Å². The minimum Gasteiger partial charge on any atom is -0.455 e. The molecule has 3 amide bonds. The molecule has 0 radical (unpaired) electrons. The van der Waals surface area contributed by atoms with Crippen molar-refractivity contribution in [2.75, 3.05) is 31.6 Å². The molecular weight excluding hydrogens is 750 g/mol. The summed E-state index contributed by atoms with van der Waals surface area (Å²) in [5.74, 6) is -3.46. The number of anilines is 1. The van der Waals surface area contributed by atoms with E-state index < -0.39 is 47.7 Å². The van der Waals surface area contributed by atoms with Gasteiger partial charge in [0.2, 0.25) is 11.8 Å². The molecule has 1 N–H and O–H groups in total. The third kappa shape index (κ3) is 7.47.